The number of ether oxygens (including phenoxy) is 1. The van der Waals surface area contributed by atoms with E-state index in [0.29, 0.717) is 0 Å². The molecule has 7 heteroatoms. The minimum Gasteiger partial charge on any atom is -0.461 e. The van der Waals surface area contributed by atoms with E-state index in [1.807, 2.05) is 0 Å². The molecule has 0 saturated heterocycles. The molecule has 0 saturated carbocycles. The molecule has 0 aliphatic heterocycles. The molecule has 80 valence electrons. The molecule has 0 atom stereocenters. The van der Waals surface area contributed by atoms with E-state index in [2.05, 4.69) is 15.1 Å². The van der Waals surface area contributed by atoms with Crippen molar-refractivity contribution < 1.29 is 14.7 Å². The Morgan fingerprint density at radius 2 is 2.53 bits per heavy atom. The van der Waals surface area contributed by atoms with Gasteiger partial charge in [0.15, 0.2) is 11.5 Å². The van der Waals surface area contributed by atoms with Crippen LogP contribution in [-0.2, 0) is 4.74 Å². The molecule has 15 heavy (non-hydrogen) atoms. The van der Waals surface area contributed by atoms with Gasteiger partial charge >= 0.3 is 5.97 Å². The van der Waals surface area contributed by atoms with Crippen LogP contribution in [0.5, 0.6) is 0 Å². The van der Waals surface area contributed by atoms with Gasteiger partial charge in [-0.3, -0.25) is 0 Å². The second-order valence-electron chi connectivity index (χ2n) is 2.49. The molecular formula is C8H10N4O3. The van der Waals surface area contributed by atoms with Crippen molar-refractivity contribution in [1.82, 2.24) is 9.97 Å². The number of carbonyl (C=O) groups is 1. The van der Waals surface area contributed by atoms with Crippen LogP contribution < -0.4 is 5.73 Å². The molecule has 0 fully saturated rings. The summed E-state index contributed by atoms with van der Waals surface area (Å²) in [6, 6.07) is 0. The lowest BCUT2D eigenvalue weighted by molar-refractivity contribution is 0.0520. The number of rotatable bonds is 3. The number of esters is 1. The Morgan fingerprint density at radius 3 is 3.13 bits per heavy atom. The fraction of sp³-hybridized carbons (Fsp3) is 0.250. The number of aromatic nitrogens is 2. The molecule has 0 unspecified atom stereocenters. The van der Waals surface area contributed by atoms with Gasteiger partial charge < -0.3 is 15.7 Å². The summed E-state index contributed by atoms with van der Waals surface area (Å²) in [5.74, 6) is -0.681. The molecule has 1 rings (SSSR count). The zero-order chi connectivity index (χ0) is 11.3. The quantitative estimate of drug-likeness (QED) is 0.315. The van der Waals surface area contributed by atoms with E-state index < -0.39 is 5.97 Å². The zero-order valence-corrected chi connectivity index (χ0v) is 8.04. The highest BCUT2D eigenvalue weighted by Gasteiger charge is 2.14. The van der Waals surface area contributed by atoms with Crippen molar-refractivity contribution in [3.63, 3.8) is 0 Å². The van der Waals surface area contributed by atoms with Crippen LogP contribution in [0.25, 0.3) is 0 Å². The summed E-state index contributed by atoms with van der Waals surface area (Å²) in [6.07, 6.45) is 2.31. The van der Waals surface area contributed by atoms with Gasteiger partial charge in [-0.15, -0.1) is 0 Å². The Balaban J connectivity index is 3.04. The van der Waals surface area contributed by atoms with Crippen LogP contribution in [0, 0.1) is 0 Å². The highest BCUT2D eigenvalue weighted by atomic mass is 16.5. The average Bonchev–Trinajstić information content (AvgIpc) is 2.21. The molecule has 1 aromatic rings. The summed E-state index contributed by atoms with van der Waals surface area (Å²) in [4.78, 5) is 18.8. The molecule has 0 spiro atoms. The second kappa shape index (κ2) is 4.89. The van der Waals surface area contributed by atoms with E-state index in [0.717, 1.165) is 6.21 Å². The third-order valence-corrected chi connectivity index (χ3v) is 1.48. The summed E-state index contributed by atoms with van der Waals surface area (Å²) in [7, 11) is 0. The minimum atomic E-state index is -0.657. The first-order chi connectivity index (χ1) is 7.19. The number of hydrogen-bond donors (Lipinski definition) is 2. The topological polar surface area (TPSA) is 111 Å². The summed E-state index contributed by atoms with van der Waals surface area (Å²) >= 11 is 0. The van der Waals surface area contributed by atoms with E-state index in [-0.39, 0.29) is 23.8 Å². The largest absolute Gasteiger partial charge is 0.461 e. The third-order valence-electron chi connectivity index (χ3n) is 1.48. The lowest BCUT2D eigenvalue weighted by Gasteiger charge is -2.03. The fourth-order valence-corrected chi connectivity index (χ4v) is 0.883. The maximum Gasteiger partial charge on any atom is 0.360 e. The number of oxime groups is 1. The highest BCUT2D eigenvalue weighted by Crippen LogP contribution is 2.06. The van der Waals surface area contributed by atoms with Crippen LogP contribution in [-0.4, -0.2) is 34.0 Å². The van der Waals surface area contributed by atoms with Crippen LogP contribution in [0.4, 0.5) is 5.82 Å². The van der Waals surface area contributed by atoms with Gasteiger partial charge in [-0.1, -0.05) is 5.16 Å². The molecule has 1 heterocycles. The number of nitrogens with two attached hydrogens (primary N) is 1. The van der Waals surface area contributed by atoms with Crippen LogP contribution in [0.2, 0.25) is 0 Å². The van der Waals surface area contributed by atoms with Crippen LogP contribution in [0.15, 0.2) is 11.4 Å². The average molecular weight is 210 g/mol. The molecule has 0 aliphatic carbocycles. The number of nitrogens with zero attached hydrogens (tertiary/aromatic N) is 3. The Labute approximate surface area is 85.6 Å². The highest BCUT2D eigenvalue weighted by molar-refractivity contribution is 5.92. The summed E-state index contributed by atoms with van der Waals surface area (Å²) in [6.45, 7) is 1.89. The molecular weight excluding hydrogens is 200 g/mol. The van der Waals surface area contributed by atoms with Gasteiger partial charge in [0.25, 0.3) is 0 Å². The maximum atomic E-state index is 11.3. The molecule has 3 N–H and O–H groups in total. The van der Waals surface area contributed by atoms with Crippen LogP contribution in [0.3, 0.4) is 0 Å². The van der Waals surface area contributed by atoms with Crippen molar-refractivity contribution in [3.8, 4) is 0 Å². The van der Waals surface area contributed by atoms with E-state index in [1.165, 1.54) is 6.20 Å². The molecule has 0 amide bonds. The first kappa shape index (κ1) is 10.9. The van der Waals surface area contributed by atoms with Gasteiger partial charge in [-0.25, -0.2) is 14.8 Å². The number of carbonyl (C=O) groups excluding carboxylic acids is 1. The lowest BCUT2D eigenvalue weighted by Crippen LogP contribution is -2.13. The van der Waals surface area contributed by atoms with Gasteiger partial charge in [0.1, 0.15) is 5.69 Å². The summed E-state index contributed by atoms with van der Waals surface area (Å²) < 4.78 is 4.71. The minimum absolute atomic E-state index is 0.0245. The van der Waals surface area contributed by atoms with Gasteiger partial charge in [0, 0.05) is 0 Å². The van der Waals surface area contributed by atoms with Crippen molar-refractivity contribution in [2.45, 2.75) is 6.92 Å². The lowest BCUT2D eigenvalue weighted by atomic mass is 10.4. The van der Waals surface area contributed by atoms with Crippen molar-refractivity contribution in [2.24, 2.45) is 5.16 Å². The van der Waals surface area contributed by atoms with Crippen molar-refractivity contribution in [1.29, 1.82) is 0 Å². The molecule has 0 aliphatic rings. The molecule has 1 aromatic heterocycles. The second-order valence-corrected chi connectivity index (χ2v) is 2.49. The summed E-state index contributed by atoms with van der Waals surface area (Å²) in [5, 5.41) is 11.0. The van der Waals surface area contributed by atoms with Gasteiger partial charge in [0.05, 0.1) is 19.0 Å². The van der Waals surface area contributed by atoms with E-state index >= 15 is 0 Å². The Morgan fingerprint density at radius 1 is 1.80 bits per heavy atom. The summed E-state index contributed by atoms with van der Waals surface area (Å²) in [5.41, 5.74) is 5.56. The van der Waals surface area contributed by atoms with E-state index in [9.17, 15) is 4.79 Å². The Bertz CT molecular complexity index is 391. The standard InChI is InChI=1S/C8H10N4O3/c1-2-15-8(13)6-7(9)10-3-5(12-6)4-11-14/h3-4,14H,2H2,1H3,(H2,9,10)/b11-4+. The fourth-order valence-electron chi connectivity index (χ4n) is 0.883. The monoisotopic (exact) mass is 210 g/mol. The first-order valence-corrected chi connectivity index (χ1v) is 4.16. The first-order valence-electron chi connectivity index (χ1n) is 4.16. The number of anilines is 1. The third kappa shape index (κ3) is 2.63. The molecule has 7 nitrogen and oxygen atoms in total. The SMILES string of the molecule is CCOC(=O)c1nc(/C=N/O)cnc1N. The molecule has 0 aromatic carbocycles. The van der Waals surface area contributed by atoms with Gasteiger partial charge in [-0.2, -0.15) is 0 Å². The predicted molar refractivity (Wildman–Crippen MR) is 51.8 cm³/mol. The van der Waals surface area contributed by atoms with Crippen LogP contribution >= 0.6 is 0 Å². The molecule has 0 bridgehead atoms. The van der Waals surface area contributed by atoms with E-state index in [1.54, 1.807) is 6.92 Å². The van der Waals surface area contributed by atoms with E-state index in [4.69, 9.17) is 15.7 Å². The van der Waals surface area contributed by atoms with Crippen LogP contribution in [0.1, 0.15) is 23.1 Å². The zero-order valence-electron chi connectivity index (χ0n) is 8.04. The molecule has 0 radical (unpaired) electrons. The Kier molecular flexibility index (Phi) is 3.55. The normalized spacial score (nSPS) is 10.5. The van der Waals surface area contributed by atoms with Crippen molar-refractivity contribution in [3.05, 3.63) is 17.6 Å². The smallest absolute Gasteiger partial charge is 0.360 e. The van der Waals surface area contributed by atoms with Gasteiger partial charge in [-0.05, 0) is 6.92 Å². The van der Waals surface area contributed by atoms with Crippen molar-refractivity contribution in [2.75, 3.05) is 12.3 Å². The Hall–Kier alpha value is -2.18. The number of nitrogen functional groups attached to an aromatic ring is 1. The van der Waals surface area contributed by atoms with Gasteiger partial charge in [0.2, 0.25) is 0 Å². The number of hydrogen-bond acceptors (Lipinski definition) is 7. The maximum absolute atomic E-state index is 11.3. The van der Waals surface area contributed by atoms with Crippen molar-refractivity contribution >= 4 is 18.0 Å². The predicted octanol–water partition coefficient (Wildman–Crippen LogP) is 0.0436.